The molecule has 0 bridgehead atoms. The van der Waals surface area contributed by atoms with Crippen LogP contribution in [0.4, 0.5) is 11.6 Å². The summed E-state index contributed by atoms with van der Waals surface area (Å²) in [5.74, 6) is 3.36. The molecule has 0 spiro atoms. The van der Waals surface area contributed by atoms with Gasteiger partial charge in [-0.05, 0) is 66.3 Å². The Morgan fingerprint density at radius 2 is 1.52 bits per heavy atom. The molecule has 6 rings (SSSR count). The topological polar surface area (TPSA) is 190 Å². The Hall–Kier alpha value is -5.86. The number of hydrogen-bond acceptors (Lipinski definition) is 12. The average Bonchev–Trinajstić information content (AvgIpc) is 3.87. The first-order chi connectivity index (χ1) is 25.3. The third-order valence-electron chi connectivity index (χ3n) is 8.55. The number of hydrogen-bond donors (Lipinski definition) is 6. The molecule has 4 heterocycles. The van der Waals surface area contributed by atoms with Crippen LogP contribution in [0.1, 0.15) is 40.5 Å². The molecule has 0 aliphatic rings. The van der Waals surface area contributed by atoms with E-state index in [-0.39, 0.29) is 17.8 Å². The van der Waals surface area contributed by atoms with E-state index in [1.807, 2.05) is 59.7 Å². The lowest BCUT2D eigenvalue weighted by Crippen LogP contribution is -2.37. The van der Waals surface area contributed by atoms with Crippen molar-refractivity contribution in [3.8, 4) is 56.5 Å². The highest BCUT2D eigenvalue weighted by molar-refractivity contribution is 5.75. The van der Waals surface area contributed by atoms with Gasteiger partial charge in [0.15, 0.2) is 17.4 Å². The van der Waals surface area contributed by atoms with Crippen molar-refractivity contribution in [1.29, 1.82) is 0 Å². The maximum atomic E-state index is 10.8. The van der Waals surface area contributed by atoms with Crippen LogP contribution in [0.3, 0.4) is 0 Å². The highest BCUT2D eigenvalue weighted by Crippen LogP contribution is 2.34. The van der Waals surface area contributed by atoms with E-state index < -0.39 is 0 Å². The minimum absolute atomic E-state index is 0.0222. The molecule has 2 aromatic carbocycles. The molecule has 0 radical (unpaired) electrons. The van der Waals surface area contributed by atoms with Crippen LogP contribution in [-0.2, 0) is 6.54 Å². The van der Waals surface area contributed by atoms with E-state index in [1.54, 1.807) is 30.7 Å². The van der Waals surface area contributed by atoms with E-state index in [9.17, 15) is 5.11 Å². The standard InChI is InChI=1S/C38H46N12O2/c1-5-29(39)20-42-35-11-14-41-38(48-35)32-16-25(27-17-44-45-18-27)8-10-34(32)52-49-30(6-2)21-43-36-12-13-40-37(47-36)31-15-26(7-9-33(31)51)28-19-46-50(23-28)22-24(3)4/h7-19,23-24,29-30,49,51H,5-6,20-22,39H2,1-4H3,(H,44,45)(H,40,43,47)(H,41,42,48)/t29-,30-/m1/s1. The summed E-state index contributed by atoms with van der Waals surface area (Å²) in [5.41, 5.74) is 14.3. The fourth-order valence-electron chi connectivity index (χ4n) is 5.46. The van der Waals surface area contributed by atoms with Gasteiger partial charge in [0.1, 0.15) is 17.4 Å². The zero-order valence-corrected chi connectivity index (χ0v) is 29.9. The number of anilines is 2. The molecular formula is C38H46N12O2. The number of nitrogens with one attached hydrogen (secondary N) is 4. The van der Waals surface area contributed by atoms with Gasteiger partial charge in [0.2, 0.25) is 0 Å². The third kappa shape index (κ3) is 9.08. The fourth-order valence-corrected chi connectivity index (χ4v) is 5.46. The molecule has 14 nitrogen and oxygen atoms in total. The van der Waals surface area contributed by atoms with Gasteiger partial charge in [-0.3, -0.25) is 9.78 Å². The Bertz CT molecular complexity index is 2050. The summed E-state index contributed by atoms with van der Waals surface area (Å²) < 4.78 is 1.93. The maximum absolute atomic E-state index is 10.8. The molecule has 0 saturated carbocycles. The predicted octanol–water partition coefficient (Wildman–Crippen LogP) is 6.14. The maximum Gasteiger partial charge on any atom is 0.165 e. The third-order valence-corrected chi connectivity index (χ3v) is 8.55. The number of hydroxylamine groups is 1. The molecule has 0 amide bonds. The summed E-state index contributed by atoms with van der Waals surface area (Å²) in [4.78, 5) is 24.8. The van der Waals surface area contributed by atoms with Gasteiger partial charge in [-0.15, -0.1) is 0 Å². The van der Waals surface area contributed by atoms with E-state index in [1.165, 1.54) is 0 Å². The van der Waals surface area contributed by atoms with E-state index in [0.29, 0.717) is 59.2 Å². The molecule has 4 aromatic heterocycles. The molecule has 0 saturated heterocycles. The van der Waals surface area contributed by atoms with E-state index in [4.69, 9.17) is 20.5 Å². The van der Waals surface area contributed by atoms with Crippen LogP contribution in [0.5, 0.6) is 11.5 Å². The summed E-state index contributed by atoms with van der Waals surface area (Å²) in [6, 6.07) is 14.8. The van der Waals surface area contributed by atoms with Gasteiger partial charge in [0.25, 0.3) is 0 Å². The first kappa shape index (κ1) is 35.9. The molecular weight excluding hydrogens is 656 g/mol. The zero-order chi connectivity index (χ0) is 36.5. The van der Waals surface area contributed by atoms with Crippen molar-refractivity contribution in [3.63, 3.8) is 0 Å². The molecule has 270 valence electrons. The lowest BCUT2D eigenvalue weighted by molar-refractivity contribution is 0.157. The highest BCUT2D eigenvalue weighted by Gasteiger charge is 2.17. The number of benzene rings is 2. The lowest BCUT2D eigenvalue weighted by Gasteiger charge is -2.20. The van der Waals surface area contributed by atoms with Crippen LogP contribution in [0.2, 0.25) is 0 Å². The number of H-pyrrole nitrogens is 1. The summed E-state index contributed by atoms with van der Waals surface area (Å²) in [7, 11) is 0. The first-order valence-electron chi connectivity index (χ1n) is 17.6. The quantitative estimate of drug-likeness (QED) is 0.0597. The second-order valence-corrected chi connectivity index (χ2v) is 13.1. The second-order valence-electron chi connectivity index (χ2n) is 13.1. The monoisotopic (exact) mass is 702 g/mol. The van der Waals surface area contributed by atoms with Crippen molar-refractivity contribution in [1.82, 2.24) is 45.4 Å². The van der Waals surface area contributed by atoms with Gasteiger partial charge in [-0.25, -0.2) is 19.9 Å². The molecule has 14 heteroatoms. The second kappa shape index (κ2) is 16.9. The molecule has 52 heavy (non-hydrogen) atoms. The van der Waals surface area contributed by atoms with Gasteiger partial charge >= 0.3 is 0 Å². The Labute approximate surface area is 303 Å². The van der Waals surface area contributed by atoms with E-state index >= 15 is 0 Å². The van der Waals surface area contributed by atoms with Gasteiger partial charge in [0, 0.05) is 61.6 Å². The molecule has 0 fully saturated rings. The lowest BCUT2D eigenvalue weighted by atomic mass is 10.0. The average molecular weight is 703 g/mol. The van der Waals surface area contributed by atoms with Crippen molar-refractivity contribution in [2.24, 2.45) is 11.7 Å². The number of phenols is 1. The number of rotatable bonds is 17. The molecule has 2 atom stereocenters. The van der Waals surface area contributed by atoms with Gasteiger partial charge in [-0.1, -0.05) is 39.8 Å². The van der Waals surface area contributed by atoms with Crippen LogP contribution in [0.25, 0.3) is 45.0 Å². The van der Waals surface area contributed by atoms with Crippen molar-refractivity contribution in [3.05, 3.63) is 85.7 Å². The van der Waals surface area contributed by atoms with Crippen LogP contribution < -0.4 is 26.7 Å². The molecule has 0 aliphatic heterocycles. The van der Waals surface area contributed by atoms with Crippen molar-refractivity contribution in [2.45, 2.75) is 59.2 Å². The summed E-state index contributed by atoms with van der Waals surface area (Å²) >= 11 is 0. The number of nitrogens with zero attached hydrogens (tertiary/aromatic N) is 7. The van der Waals surface area contributed by atoms with Crippen LogP contribution >= 0.6 is 0 Å². The van der Waals surface area contributed by atoms with Gasteiger partial charge in [0.05, 0.1) is 29.6 Å². The molecule has 6 aromatic rings. The smallest absolute Gasteiger partial charge is 0.165 e. The van der Waals surface area contributed by atoms with E-state index in [2.05, 4.69) is 69.1 Å². The highest BCUT2D eigenvalue weighted by atomic mass is 16.6. The Morgan fingerprint density at radius 3 is 2.21 bits per heavy atom. The molecule has 7 N–H and O–H groups in total. The predicted molar refractivity (Wildman–Crippen MR) is 203 cm³/mol. The normalized spacial score (nSPS) is 12.5. The Morgan fingerprint density at radius 1 is 0.827 bits per heavy atom. The van der Waals surface area contributed by atoms with Crippen LogP contribution in [0.15, 0.2) is 85.7 Å². The molecule has 0 unspecified atom stereocenters. The number of aromatic nitrogens is 8. The number of nitrogens with two attached hydrogens (primary N) is 1. The van der Waals surface area contributed by atoms with Crippen molar-refractivity contribution in [2.75, 3.05) is 23.7 Å². The summed E-state index contributed by atoms with van der Waals surface area (Å²) in [6.07, 6.45) is 12.5. The minimum atomic E-state index is -0.0941. The largest absolute Gasteiger partial charge is 0.507 e. The molecule has 0 aliphatic carbocycles. The minimum Gasteiger partial charge on any atom is -0.507 e. The SMILES string of the molecule is CC[C@@H](N)CNc1ccnc(-c2cc(-c3cn[nH]c3)ccc2ON[C@H](CC)CNc2ccnc(-c3cc(-c4cnn(CC(C)C)c4)ccc3O)n2)n1. The Balaban J connectivity index is 1.15. The van der Waals surface area contributed by atoms with Gasteiger partial charge < -0.3 is 26.3 Å². The first-order valence-corrected chi connectivity index (χ1v) is 17.6. The number of aromatic amines is 1. The van der Waals surface area contributed by atoms with Crippen molar-refractivity contribution < 1.29 is 9.94 Å². The Kier molecular flexibility index (Phi) is 11.7. The van der Waals surface area contributed by atoms with Crippen LogP contribution in [0, 0.1) is 5.92 Å². The zero-order valence-electron chi connectivity index (χ0n) is 29.9. The van der Waals surface area contributed by atoms with Gasteiger partial charge in [-0.2, -0.15) is 15.7 Å². The van der Waals surface area contributed by atoms with Crippen LogP contribution in [-0.4, -0.2) is 70.2 Å². The van der Waals surface area contributed by atoms with E-state index in [0.717, 1.165) is 41.6 Å². The van der Waals surface area contributed by atoms with Crippen molar-refractivity contribution >= 4 is 11.6 Å². The summed E-state index contributed by atoms with van der Waals surface area (Å²) in [5, 5.41) is 28.9. The fraction of sp³-hybridized carbons (Fsp3) is 0.316. The number of phenolic OH excluding ortho intramolecular Hbond substituents is 1. The summed E-state index contributed by atoms with van der Waals surface area (Å²) in [6.45, 7) is 10.4. The number of aromatic hydroxyl groups is 1.